The molecule has 3 heterocycles. The standard InChI is InChI=1S/C26H24F3N3O2S/c1-15(22-4-2-3-11-30-22)31-24(33)16-5-10-23-19(12-16)20-13-35-14-21(20)25(34)32(23)18-8-6-17(7-9-18)26(27,28)29/h2-5,10-15,17-18H,6-9H2,1H3,(H,31,33)/t15-,17?,18?/m0/s1. The first-order valence-corrected chi connectivity index (χ1v) is 12.5. The van der Waals surface area contributed by atoms with Gasteiger partial charge in [0.1, 0.15) is 0 Å². The third kappa shape index (κ3) is 4.45. The van der Waals surface area contributed by atoms with E-state index in [1.807, 2.05) is 30.5 Å². The molecule has 1 aliphatic carbocycles. The number of carbonyl (C=O) groups excluding carboxylic acids is 1. The minimum atomic E-state index is -4.20. The van der Waals surface area contributed by atoms with Gasteiger partial charge in [-0.25, -0.2) is 0 Å². The van der Waals surface area contributed by atoms with Crippen molar-refractivity contribution in [2.45, 2.75) is 50.9 Å². The van der Waals surface area contributed by atoms with E-state index in [4.69, 9.17) is 0 Å². The maximum atomic E-state index is 13.4. The number of pyridine rings is 2. The molecule has 5 rings (SSSR count). The first kappa shape index (κ1) is 23.5. The molecule has 0 spiro atoms. The van der Waals surface area contributed by atoms with Gasteiger partial charge in [-0.3, -0.25) is 14.6 Å². The molecule has 9 heteroatoms. The van der Waals surface area contributed by atoms with Gasteiger partial charge in [0.25, 0.3) is 11.5 Å². The summed E-state index contributed by atoms with van der Waals surface area (Å²) in [5.74, 6) is -1.58. The molecule has 3 aromatic heterocycles. The van der Waals surface area contributed by atoms with Gasteiger partial charge < -0.3 is 9.88 Å². The third-order valence-electron chi connectivity index (χ3n) is 6.92. The molecule has 1 amide bonds. The molecule has 5 nitrogen and oxygen atoms in total. The van der Waals surface area contributed by atoms with Crippen LogP contribution >= 0.6 is 11.3 Å². The molecule has 0 bridgehead atoms. The van der Waals surface area contributed by atoms with Gasteiger partial charge in [-0.15, -0.1) is 0 Å². The normalized spacial score (nSPS) is 19.7. The molecule has 1 aliphatic rings. The van der Waals surface area contributed by atoms with Crippen molar-refractivity contribution >= 4 is 38.9 Å². The maximum absolute atomic E-state index is 13.4. The van der Waals surface area contributed by atoms with Gasteiger partial charge in [-0.1, -0.05) is 6.07 Å². The van der Waals surface area contributed by atoms with Crippen molar-refractivity contribution < 1.29 is 18.0 Å². The van der Waals surface area contributed by atoms with Gasteiger partial charge in [0.15, 0.2) is 0 Å². The third-order valence-corrected chi connectivity index (χ3v) is 7.67. The van der Waals surface area contributed by atoms with Gasteiger partial charge in [-0.2, -0.15) is 24.5 Å². The highest BCUT2D eigenvalue weighted by atomic mass is 32.1. The summed E-state index contributed by atoms with van der Waals surface area (Å²) in [5.41, 5.74) is 1.64. The highest BCUT2D eigenvalue weighted by Crippen LogP contribution is 2.42. The van der Waals surface area contributed by atoms with Crippen molar-refractivity contribution in [3.63, 3.8) is 0 Å². The van der Waals surface area contributed by atoms with Gasteiger partial charge in [-0.05, 0) is 68.3 Å². The highest BCUT2D eigenvalue weighted by Gasteiger charge is 2.42. The Balaban J connectivity index is 1.51. The van der Waals surface area contributed by atoms with Crippen molar-refractivity contribution in [3.8, 4) is 0 Å². The van der Waals surface area contributed by atoms with Crippen molar-refractivity contribution in [1.82, 2.24) is 14.9 Å². The summed E-state index contributed by atoms with van der Waals surface area (Å²) in [6, 6.07) is 10.1. The number of nitrogens with one attached hydrogen (secondary N) is 1. The first-order valence-electron chi connectivity index (χ1n) is 11.6. The Kier molecular flexibility index (Phi) is 6.13. The van der Waals surface area contributed by atoms with E-state index in [9.17, 15) is 22.8 Å². The SMILES string of the molecule is C[C@H](NC(=O)c1ccc2c(c1)c1cscc1c(=O)n2C1CCC(C(F)(F)F)CC1)c1ccccn1. The van der Waals surface area contributed by atoms with Crippen molar-refractivity contribution in [1.29, 1.82) is 0 Å². The molecular formula is C26H24F3N3O2S. The number of carbonyl (C=O) groups is 1. The number of hydrogen-bond donors (Lipinski definition) is 1. The summed E-state index contributed by atoms with van der Waals surface area (Å²) < 4.78 is 41.2. The summed E-state index contributed by atoms with van der Waals surface area (Å²) in [6.45, 7) is 1.85. The van der Waals surface area contributed by atoms with Gasteiger partial charge >= 0.3 is 6.18 Å². The van der Waals surface area contributed by atoms with Crippen molar-refractivity contribution in [3.05, 3.63) is 75.0 Å². The Morgan fingerprint density at radius 1 is 1.09 bits per heavy atom. The molecule has 1 fully saturated rings. The number of amides is 1. The quantitative estimate of drug-likeness (QED) is 0.354. The molecule has 0 radical (unpaired) electrons. The van der Waals surface area contributed by atoms with Crippen LogP contribution in [0.25, 0.3) is 21.7 Å². The fourth-order valence-corrected chi connectivity index (χ4v) is 5.85. The smallest absolute Gasteiger partial charge is 0.344 e. The molecular weight excluding hydrogens is 475 g/mol. The zero-order chi connectivity index (χ0) is 24.7. The molecule has 0 unspecified atom stereocenters. The minimum Gasteiger partial charge on any atom is -0.344 e. The number of fused-ring (bicyclic) bond motifs is 3. The number of benzene rings is 1. The lowest BCUT2D eigenvalue weighted by Crippen LogP contribution is -2.32. The molecule has 1 N–H and O–H groups in total. The van der Waals surface area contributed by atoms with E-state index in [-0.39, 0.29) is 36.4 Å². The zero-order valence-corrected chi connectivity index (χ0v) is 19.8. The summed E-state index contributed by atoms with van der Waals surface area (Å²) >= 11 is 1.39. The Morgan fingerprint density at radius 3 is 2.51 bits per heavy atom. The topological polar surface area (TPSA) is 64.0 Å². The monoisotopic (exact) mass is 499 g/mol. The van der Waals surface area contributed by atoms with E-state index in [0.29, 0.717) is 29.3 Å². The Labute approximate surface area is 203 Å². The summed E-state index contributed by atoms with van der Waals surface area (Å²) in [5, 5.41) is 8.63. The van der Waals surface area contributed by atoms with Crippen LogP contribution in [0, 0.1) is 5.92 Å². The number of hydrogen-bond acceptors (Lipinski definition) is 4. The second-order valence-corrected chi connectivity index (χ2v) is 9.85. The Morgan fingerprint density at radius 2 is 1.83 bits per heavy atom. The van der Waals surface area contributed by atoms with Gasteiger partial charge in [0.05, 0.1) is 28.6 Å². The van der Waals surface area contributed by atoms with Crippen LogP contribution in [0.2, 0.25) is 0 Å². The van der Waals surface area contributed by atoms with Gasteiger partial charge in [0, 0.05) is 34.0 Å². The second-order valence-electron chi connectivity index (χ2n) is 9.10. The fourth-order valence-electron chi connectivity index (χ4n) is 5.02. The van der Waals surface area contributed by atoms with E-state index >= 15 is 0 Å². The number of alkyl halides is 3. The minimum absolute atomic E-state index is 0.00960. The van der Waals surface area contributed by atoms with Crippen LogP contribution < -0.4 is 10.9 Å². The van der Waals surface area contributed by atoms with Gasteiger partial charge in [0.2, 0.25) is 0 Å². The number of nitrogens with zero attached hydrogens (tertiary/aromatic N) is 2. The Hall–Kier alpha value is -3.20. The van der Waals surface area contributed by atoms with Crippen LogP contribution in [0.4, 0.5) is 13.2 Å². The van der Waals surface area contributed by atoms with Crippen LogP contribution in [-0.4, -0.2) is 21.6 Å². The number of aromatic nitrogens is 2. The van der Waals surface area contributed by atoms with Crippen LogP contribution in [-0.2, 0) is 0 Å². The van der Waals surface area contributed by atoms with E-state index in [1.54, 1.807) is 34.3 Å². The lowest BCUT2D eigenvalue weighted by Gasteiger charge is -2.31. The molecule has 0 aliphatic heterocycles. The summed E-state index contributed by atoms with van der Waals surface area (Å²) in [6.07, 6.45) is -1.94. The molecule has 1 atom stereocenters. The van der Waals surface area contributed by atoms with E-state index in [2.05, 4.69) is 10.3 Å². The first-order chi connectivity index (χ1) is 16.7. The molecule has 182 valence electrons. The molecule has 35 heavy (non-hydrogen) atoms. The van der Waals surface area contributed by atoms with E-state index < -0.39 is 12.1 Å². The summed E-state index contributed by atoms with van der Waals surface area (Å²) in [4.78, 5) is 30.7. The van der Waals surface area contributed by atoms with Crippen LogP contribution in [0.15, 0.2) is 58.1 Å². The highest BCUT2D eigenvalue weighted by molar-refractivity contribution is 7.09. The predicted molar refractivity (Wildman–Crippen MR) is 131 cm³/mol. The van der Waals surface area contributed by atoms with Crippen molar-refractivity contribution in [2.24, 2.45) is 5.92 Å². The lowest BCUT2D eigenvalue weighted by molar-refractivity contribution is -0.183. The number of thiophene rings is 1. The number of rotatable bonds is 4. The van der Waals surface area contributed by atoms with Crippen LogP contribution in [0.1, 0.15) is 60.7 Å². The number of halogens is 3. The molecule has 0 saturated heterocycles. The fraction of sp³-hybridized carbons (Fsp3) is 0.346. The maximum Gasteiger partial charge on any atom is 0.391 e. The zero-order valence-electron chi connectivity index (χ0n) is 19.0. The molecule has 4 aromatic rings. The van der Waals surface area contributed by atoms with Crippen molar-refractivity contribution in [2.75, 3.05) is 0 Å². The average molecular weight is 500 g/mol. The van der Waals surface area contributed by atoms with Crippen LogP contribution in [0.5, 0.6) is 0 Å². The largest absolute Gasteiger partial charge is 0.391 e. The van der Waals surface area contributed by atoms with E-state index in [0.717, 1.165) is 16.5 Å². The average Bonchev–Trinajstić information content (AvgIpc) is 3.35. The predicted octanol–water partition coefficient (Wildman–Crippen LogP) is 6.40. The van der Waals surface area contributed by atoms with E-state index in [1.165, 1.54) is 11.3 Å². The lowest BCUT2D eigenvalue weighted by atomic mass is 9.85. The summed E-state index contributed by atoms with van der Waals surface area (Å²) in [7, 11) is 0. The van der Waals surface area contributed by atoms with Crippen LogP contribution in [0.3, 0.4) is 0 Å². The molecule has 1 saturated carbocycles. The second kappa shape index (κ2) is 9.11. The Bertz CT molecular complexity index is 1440. The molecule has 1 aromatic carbocycles.